The van der Waals surface area contributed by atoms with Crippen molar-refractivity contribution in [1.29, 1.82) is 0 Å². The van der Waals surface area contributed by atoms with Gasteiger partial charge in [-0.15, -0.1) is 0 Å². The first kappa shape index (κ1) is 18.6. The molecule has 2 amide bonds. The average Bonchev–Trinajstić information content (AvgIpc) is 2.75. The van der Waals surface area contributed by atoms with Gasteiger partial charge in [0, 0.05) is 0 Å². The van der Waals surface area contributed by atoms with Crippen molar-refractivity contribution in [3.05, 3.63) is 90.5 Å². The highest BCUT2D eigenvalue weighted by atomic mass is 16.5. The zero-order valence-corrected chi connectivity index (χ0v) is 15.7. The van der Waals surface area contributed by atoms with Gasteiger partial charge in [-0.1, -0.05) is 60.7 Å². The molecule has 2 N–H and O–H groups in total. The van der Waals surface area contributed by atoms with E-state index in [-0.39, 0.29) is 18.2 Å². The van der Waals surface area contributed by atoms with E-state index in [1.165, 1.54) is 0 Å². The minimum atomic E-state index is -0.876. The molecule has 6 nitrogen and oxygen atoms in total. The van der Waals surface area contributed by atoms with Crippen molar-refractivity contribution in [3.8, 4) is 5.75 Å². The van der Waals surface area contributed by atoms with Crippen molar-refractivity contribution in [2.24, 2.45) is 0 Å². The molecular formula is C23H21N3O3. The highest BCUT2D eigenvalue weighted by Crippen LogP contribution is 2.29. The number of amides is 2. The molecule has 0 radical (unpaired) electrons. The minimum Gasteiger partial charge on any atom is -0.478 e. The first-order chi connectivity index (χ1) is 14.2. The third kappa shape index (κ3) is 4.55. The summed E-state index contributed by atoms with van der Waals surface area (Å²) >= 11 is 0. The van der Waals surface area contributed by atoms with E-state index in [1.807, 2.05) is 72.8 Å². The Kier molecular flexibility index (Phi) is 5.42. The fourth-order valence-corrected chi connectivity index (χ4v) is 3.16. The fourth-order valence-electron chi connectivity index (χ4n) is 3.16. The van der Waals surface area contributed by atoms with Crippen LogP contribution in [0.4, 0.5) is 11.4 Å². The van der Waals surface area contributed by atoms with E-state index in [0.717, 1.165) is 11.3 Å². The van der Waals surface area contributed by atoms with E-state index in [9.17, 15) is 9.59 Å². The second-order valence-electron chi connectivity index (χ2n) is 6.74. The molecule has 0 bridgehead atoms. The van der Waals surface area contributed by atoms with E-state index in [2.05, 4.69) is 10.7 Å². The Balaban J connectivity index is 1.46. The van der Waals surface area contributed by atoms with Crippen molar-refractivity contribution in [1.82, 2.24) is 5.43 Å². The first-order valence-corrected chi connectivity index (χ1v) is 9.41. The molecule has 1 atom stereocenters. The molecule has 1 aliphatic rings. The van der Waals surface area contributed by atoms with Crippen molar-refractivity contribution in [3.63, 3.8) is 0 Å². The van der Waals surface area contributed by atoms with Gasteiger partial charge < -0.3 is 10.1 Å². The Labute approximate surface area is 169 Å². The number of nitrogens with zero attached hydrogens (tertiary/aromatic N) is 1. The van der Waals surface area contributed by atoms with Crippen molar-refractivity contribution >= 4 is 23.2 Å². The number of carbonyl (C=O) groups is 2. The highest BCUT2D eigenvalue weighted by molar-refractivity contribution is 6.00. The number of anilines is 2. The number of para-hydroxylation sites is 3. The lowest BCUT2D eigenvalue weighted by atomic mass is 10.1. The van der Waals surface area contributed by atoms with Crippen molar-refractivity contribution < 1.29 is 14.3 Å². The molecule has 6 heteroatoms. The summed E-state index contributed by atoms with van der Waals surface area (Å²) < 4.78 is 5.73. The van der Waals surface area contributed by atoms with Crippen LogP contribution in [-0.4, -0.2) is 17.9 Å². The van der Waals surface area contributed by atoms with E-state index in [4.69, 9.17) is 4.74 Å². The smallest absolute Gasteiger partial charge is 0.266 e. The van der Waals surface area contributed by atoms with Gasteiger partial charge in [0.25, 0.3) is 5.91 Å². The van der Waals surface area contributed by atoms with E-state index >= 15 is 0 Å². The van der Waals surface area contributed by atoms with Gasteiger partial charge in [0.05, 0.1) is 24.3 Å². The third-order valence-corrected chi connectivity index (χ3v) is 4.59. The standard InChI is InChI=1S/C23H21N3O3/c27-22(15-21-23(28)24-19-13-7-8-14-20(19)29-21)25-26(18-11-5-2-6-12-18)16-17-9-3-1-4-10-17/h1-14,21H,15-16H2,(H,24,28)(H,25,27)/t21-/m1/s1. The quantitative estimate of drug-likeness (QED) is 0.635. The summed E-state index contributed by atoms with van der Waals surface area (Å²) in [4.78, 5) is 25.0. The number of hydrogen-bond donors (Lipinski definition) is 2. The van der Waals surface area contributed by atoms with Gasteiger partial charge in [-0.25, -0.2) is 0 Å². The first-order valence-electron chi connectivity index (χ1n) is 9.41. The lowest BCUT2D eigenvalue weighted by molar-refractivity contribution is -0.130. The molecule has 0 saturated heterocycles. The molecule has 4 rings (SSSR count). The Bertz CT molecular complexity index is 993. The molecule has 0 aliphatic carbocycles. The molecule has 1 aliphatic heterocycles. The maximum Gasteiger partial charge on any atom is 0.266 e. The SMILES string of the molecule is O=C(C[C@H]1Oc2ccccc2NC1=O)NN(Cc1ccccc1)c1ccccc1. The monoisotopic (exact) mass is 387 g/mol. The Hall–Kier alpha value is -3.80. The maximum atomic E-state index is 12.7. The van der Waals surface area contributed by atoms with Crippen LogP contribution >= 0.6 is 0 Å². The van der Waals surface area contributed by atoms with Crippen LogP contribution in [-0.2, 0) is 16.1 Å². The van der Waals surface area contributed by atoms with Crippen LogP contribution in [0.2, 0.25) is 0 Å². The second-order valence-corrected chi connectivity index (χ2v) is 6.74. The molecule has 29 heavy (non-hydrogen) atoms. The van der Waals surface area contributed by atoms with Gasteiger partial charge in [-0.3, -0.25) is 20.0 Å². The summed E-state index contributed by atoms with van der Waals surface area (Å²) in [5.74, 6) is -0.0633. The van der Waals surface area contributed by atoms with E-state index in [1.54, 1.807) is 17.1 Å². The van der Waals surface area contributed by atoms with Crippen molar-refractivity contribution in [2.75, 3.05) is 10.3 Å². The molecule has 0 saturated carbocycles. The van der Waals surface area contributed by atoms with Crippen LogP contribution in [0.5, 0.6) is 5.75 Å². The van der Waals surface area contributed by atoms with Gasteiger partial charge in [0.2, 0.25) is 5.91 Å². The van der Waals surface area contributed by atoms with Crippen LogP contribution < -0.4 is 20.5 Å². The summed E-state index contributed by atoms with van der Waals surface area (Å²) in [6.07, 6.45) is -0.961. The summed E-state index contributed by atoms with van der Waals surface area (Å²) in [6.45, 7) is 0.497. The van der Waals surface area contributed by atoms with Gasteiger partial charge in [-0.2, -0.15) is 0 Å². The number of carbonyl (C=O) groups excluding carboxylic acids is 2. The van der Waals surface area contributed by atoms with Crippen LogP contribution in [0.1, 0.15) is 12.0 Å². The maximum absolute atomic E-state index is 12.7. The number of ether oxygens (including phenoxy) is 1. The zero-order valence-electron chi connectivity index (χ0n) is 15.7. The molecule has 0 aromatic heterocycles. The lowest BCUT2D eigenvalue weighted by Gasteiger charge is -2.28. The normalized spacial score (nSPS) is 14.9. The number of benzene rings is 3. The summed E-state index contributed by atoms with van der Waals surface area (Å²) in [5, 5.41) is 4.55. The largest absolute Gasteiger partial charge is 0.478 e. The average molecular weight is 387 g/mol. The fraction of sp³-hybridized carbons (Fsp3) is 0.130. The molecule has 0 spiro atoms. The van der Waals surface area contributed by atoms with Crippen molar-refractivity contribution in [2.45, 2.75) is 19.1 Å². The van der Waals surface area contributed by atoms with Crippen LogP contribution in [0.25, 0.3) is 0 Å². The summed E-state index contributed by atoms with van der Waals surface area (Å²) in [7, 11) is 0. The highest BCUT2D eigenvalue weighted by Gasteiger charge is 2.30. The van der Waals surface area contributed by atoms with Gasteiger partial charge >= 0.3 is 0 Å². The Morgan fingerprint density at radius 3 is 2.34 bits per heavy atom. The predicted octanol–water partition coefficient (Wildman–Crippen LogP) is 3.51. The molecule has 3 aromatic carbocycles. The number of hydrazine groups is 1. The molecular weight excluding hydrogens is 366 g/mol. The number of fused-ring (bicyclic) bond motifs is 1. The lowest BCUT2D eigenvalue weighted by Crippen LogP contribution is -2.46. The number of rotatable bonds is 6. The van der Waals surface area contributed by atoms with Crippen LogP contribution in [0.3, 0.4) is 0 Å². The van der Waals surface area contributed by atoms with E-state index in [0.29, 0.717) is 18.0 Å². The third-order valence-electron chi connectivity index (χ3n) is 4.59. The second kappa shape index (κ2) is 8.48. The zero-order chi connectivity index (χ0) is 20.1. The van der Waals surface area contributed by atoms with Crippen LogP contribution in [0, 0.1) is 0 Å². The van der Waals surface area contributed by atoms with Gasteiger partial charge in [0.15, 0.2) is 6.10 Å². The molecule has 1 heterocycles. The minimum absolute atomic E-state index is 0.0850. The molecule has 146 valence electrons. The number of hydrogen-bond acceptors (Lipinski definition) is 4. The van der Waals surface area contributed by atoms with E-state index < -0.39 is 6.10 Å². The summed E-state index contributed by atoms with van der Waals surface area (Å²) in [5.41, 5.74) is 5.43. The summed E-state index contributed by atoms with van der Waals surface area (Å²) in [6, 6.07) is 26.6. The topological polar surface area (TPSA) is 70.7 Å². The Morgan fingerprint density at radius 2 is 1.59 bits per heavy atom. The van der Waals surface area contributed by atoms with Crippen LogP contribution in [0.15, 0.2) is 84.9 Å². The van der Waals surface area contributed by atoms with Gasteiger partial charge in [-0.05, 0) is 29.8 Å². The van der Waals surface area contributed by atoms with Gasteiger partial charge in [0.1, 0.15) is 5.75 Å². The predicted molar refractivity (Wildman–Crippen MR) is 111 cm³/mol. The molecule has 3 aromatic rings. The Morgan fingerprint density at radius 1 is 0.931 bits per heavy atom. The molecule has 0 unspecified atom stereocenters. The molecule has 0 fully saturated rings. The number of nitrogens with one attached hydrogen (secondary N) is 2.